The Morgan fingerprint density at radius 1 is 1.36 bits per heavy atom. The zero-order valence-electron chi connectivity index (χ0n) is 12.8. The summed E-state index contributed by atoms with van der Waals surface area (Å²) in [6, 6.07) is 5.28. The summed E-state index contributed by atoms with van der Waals surface area (Å²) in [5.74, 6) is -0.812. The van der Waals surface area contributed by atoms with Crippen molar-refractivity contribution in [2.24, 2.45) is 5.92 Å². The average molecular weight is 322 g/mol. The van der Waals surface area contributed by atoms with Gasteiger partial charge in [-0.25, -0.2) is 0 Å². The number of carbonyl (C=O) groups is 2. The maximum atomic E-state index is 12.1. The first-order valence-corrected chi connectivity index (χ1v) is 7.78. The molecule has 0 unspecified atom stereocenters. The topological polar surface area (TPSA) is 55.4 Å². The van der Waals surface area contributed by atoms with Crippen LogP contribution in [0.1, 0.15) is 31.7 Å². The van der Waals surface area contributed by atoms with Crippen molar-refractivity contribution in [1.29, 1.82) is 0 Å². The normalized spacial score (nSPS) is 18.6. The molecule has 1 aromatic carbocycles. The number of anilines is 1. The van der Waals surface area contributed by atoms with Crippen LogP contribution in [-0.2, 0) is 14.3 Å². The van der Waals surface area contributed by atoms with E-state index in [9.17, 15) is 9.59 Å². The molecule has 0 aliphatic heterocycles. The number of halogens is 1. The number of benzene rings is 1. The number of hydrogen-bond acceptors (Lipinski definition) is 3. The number of amides is 1. The van der Waals surface area contributed by atoms with E-state index >= 15 is 0 Å². The van der Waals surface area contributed by atoms with Gasteiger partial charge in [-0.2, -0.15) is 0 Å². The van der Waals surface area contributed by atoms with Gasteiger partial charge in [0.2, 0.25) is 0 Å². The Labute approximate surface area is 135 Å². The smallest absolute Gasteiger partial charge is 0.310 e. The summed E-state index contributed by atoms with van der Waals surface area (Å²) in [4.78, 5) is 24.2. The molecule has 0 heterocycles. The molecule has 0 saturated heterocycles. The van der Waals surface area contributed by atoms with Crippen molar-refractivity contribution >= 4 is 29.2 Å². The first kappa shape index (κ1) is 16.6. The number of ether oxygens (including phenoxy) is 1. The summed E-state index contributed by atoms with van der Waals surface area (Å²) in [5.41, 5.74) is 1.41. The molecule has 1 aliphatic rings. The standard InChI is InChI=1S/C17H20ClNO3/c1-11-14(18)9-6-10-15(11)19-16(20)12(2)22-17(21)13-7-4-3-5-8-13/h3-4,6,9-10,12-13H,5,7-8H2,1-2H3,(H,19,20)/t12-,13+/m1/s1. The van der Waals surface area contributed by atoms with E-state index in [1.807, 2.05) is 13.0 Å². The molecule has 2 rings (SSSR count). The molecule has 0 radical (unpaired) electrons. The molecule has 22 heavy (non-hydrogen) atoms. The molecule has 118 valence electrons. The molecular weight excluding hydrogens is 302 g/mol. The third-order valence-corrected chi connectivity index (χ3v) is 4.20. The van der Waals surface area contributed by atoms with Gasteiger partial charge in [-0.05, 0) is 50.8 Å². The third-order valence-electron chi connectivity index (χ3n) is 3.79. The number of esters is 1. The Morgan fingerprint density at radius 3 is 2.82 bits per heavy atom. The third kappa shape index (κ3) is 4.10. The molecule has 1 aliphatic carbocycles. The van der Waals surface area contributed by atoms with E-state index in [4.69, 9.17) is 16.3 Å². The fraction of sp³-hybridized carbons (Fsp3) is 0.412. The van der Waals surface area contributed by atoms with Gasteiger partial charge in [0.05, 0.1) is 5.92 Å². The Hall–Kier alpha value is -1.81. The van der Waals surface area contributed by atoms with Gasteiger partial charge in [0, 0.05) is 10.7 Å². The summed E-state index contributed by atoms with van der Waals surface area (Å²) in [7, 11) is 0. The monoisotopic (exact) mass is 321 g/mol. The largest absolute Gasteiger partial charge is 0.452 e. The van der Waals surface area contributed by atoms with Crippen LogP contribution in [0.25, 0.3) is 0 Å². The number of rotatable bonds is 4. The number of hydrogen-bond donors (Lipinski definition) is 1. The van der Waals surface area contributed by atoms with Gasteiger partial charge in [-0.1, -0.05) is 29.8 Å². The van der Waals surface area contributed by atoms with Crippen LogP contribution in [0, 0.1) is 12.8 Å². The molecule has 0 bridgehead atoms. The molecule has 0 spiro atoms. The van der Waals surface area contributed by atoms with Crippen molar-refractivity contribution in [3.8, 4) is 0 Å². The summed E-state index contributed by atoms with van der Waals surface area (Å²) in [6.45, 7) is 3.40. The second kappa shape index (κ2) is 7.45. The van der Waals surface area contributed by atoms with E-state index in [0.29, 0.717) is 17.1 Å². The van der Waals surface area contributed by atoms with Crippen LogP contribution in [0.3, 0.4) is 0 Å². The maximum Gasteiger partial charge on any atom is 0.310 e. The Bertz CT molecular complexity index is 598. The summed E-state index contributed by atoms with van der Waals surface area (Å²) in [5, 5.41) is 3.32. The lowest BCUT2D eigenvalue weighted by atomic mass is 9.95. The van der Waals surface area contributed by atoms with Crippen molar-refractivity contribution in [2.75, 3.05) is 5.32 Å². The van der Waals surface area contributed by atoms with E-state index in [1.54, 1.807) is 25.1 Å². The quantitative estimate of drug-likeness (QED) is 0.676. The first-order chi connectivity index (χ1) is 10.5. The maximum absolute atomic E-state index is 12.1. The van der Waals surface area contributed by atoms with Gasteiger partial charge in [0.15, 0.2) is 6.10 Å². The molecule has 2 atom stereocenters. The molecule has 0 fully saturated rings. The Morgan fingerprint density at radius 2 is 2.14 bits per heavy atom. The number of allylic oxidation sites excluding steroid dienone is 2. The summed E-state index contributed by atoms with van der Waals surface area (Å²) in [6.07, 6.45) is 5.54. The van der Waals surface area contributed by atoms with Crippen molar-refractivity contribution in [1.82, 2.24) is 0 Å². The fourth-order valence-electron chi connectivity index (χ4n) is 2.31. The molecular formula is C17H20ClNO3. The van der Waals surface area contributed by atoms with Crippen molar-refractivity contribution in [3.63, 3.8) is 0 Å². The highest BCUT2D eigenvalue weighted by atomic mass is 35.5. The van der Waals surface area contributed by atoms with Crippen LogP contribution >= 0.6 is 11.6 Å². The highest BCUT2D eigenvalue weighted by molar-refractivity contribution is 6.31. The molecule has 1 aromatic rings. The molecule has 5 heteroatoms. The van der Waals surface area contributed by atoms with Crippen molar-refractivity contribution < 1.29 is 14.3 Å². The van der Waals surface area contributed by atoms with Crippen molar-refractivity contribution in [3.05, 3.63) is 40.9 Å². The minimum absolute atomic E-state index is 0.145. The average Bonchev–Trinajstić information content (AvgIpc) is 2.52. The lowest BCUT2D eigenvalue weighted by Crippen LogP contribution is -2.32. The van der Waals surface area contributed by atoms with E-state index in [-0.39, 0.29) is 17.8 Å². The predicted molar refractivity (Wildman–Crippen MR) is 86.9 cm³/mol. The van der Waals surface area contributed by atoms with E-state index in [1.165, 1.54) is 0 Å². The Balaban J connectivity index is 1.93. The second-order valence-corrected chi connectivity index (χ2v) is 5.87. The van der Waals surface area contributed by atoms with E-state index < -0.39 is 6.10 Å². The zero-order valence-corrected chi connectivity index (χ0v) is 13.5. The van der Waals surface area contributed by atoms with Gasteiger partial charge < -0.3 is 10.1 Å². The van der Waals surface area contributed by atoms with Crippen LogP contribution in [-0.4, -0.2) is 18.0 Å². The highest BCUT2D eigenvalue weighted by Gasteiger charge is 2.25. The molecule has 4 nitrogen and oxygen atoms in total. The van der Waals surface area contributed by atoms with Crippen LogP contribution in [0.5, 0.6) is 0 Å². The van der Waals surface area contributed by atoms with E-state index in [2.05, 4.69) is 11.4 Å². The number of carbonyl (C=O) groups excluding carboxylic acids is 2. The summed E-state index contributed by atoms with van der Waals surface area (Å²) >= 11 is 6.02. The lowest BCUT2D eigenvalue weighted by Gasteiger charge is -2.20. The first-order valence-electron chi connectivity index (χ1n) is 7.40. The Kier molecular flexibility index (Phi) is 5.61. The summed E-state index contributed by atoms with van der Waals surface area (Å²) < 4.78 is 5.28. The van der Waals surface area contributed by atoms with Gasteiger partial charge in [-0.3, -0.25) is 9.59 Å². The van der Waals surface area contributed by atoms with Crippen molar-refractivity contribution in [2.45, 2.75) is 39.2 Å². The van der Waals surface area contributed by atoms with Gasteiger partial charge >= 0.3 is 5.97 Å². The molecule has 0 saturated carbocycles. The van der Waals surface area contributed by atoms with Crippen LogP contribution < -0.4 is 5.32 Å². The SMILES string of the molecule is Cc1c(Cl)cccc1NC(=O)[C@@H](C)OC(=O)[C@H]1CC=CCC1. The van der Waals surface area contributed by atoms with Gasteiger partial charge in [0.25, 0.3) is 5.91 Å². The molecule has 1 N–H and O–H groups in total. The zero-order chi connectivity index (χ0) is 16.1. The van der Waals surface area contributed by atoms with Gasteiger partial charge in [-0.15, -0.1) is 0 Å². The van der Waals surface area contributed by atoms with Crippen LogP contribution in [0.15, 0.2) is 30.4 Å². The minimum atomic E-state index is -0.836. The van der Waals surface area contributed by atoms with Crippen LogP contribution in [0.4, 0.5) is 5.69 Å². The molecule has 0 aromatic heterocycles. The molecule has 1 amide bonds. The fourth-order valence-corrected chi connectivity index (χ4v) is 2.48. The lowest BCUT2D eigenvalue weighted by molar-refractivity contribution is -0.157. The predicted octanol–water partition coefficient (Wildman–Crippen LogP) is 3.87. The van der Waals surface area contributed by atoms with Crippen LogP contribution in [0.2, 0.25) is 5.02 Å². The highest BCUT2D eigenvalue weighted by Crippen LogP contribution is 2.24. The van der Waals surface area contributed by atoms with E-state index in [0.717, 1.165) is 18.4 Å². The van der Waals surface area contributed by atoms with Gasteiger partial charge in [0.1, 0.15) is 0 Å². The minimum Gasteiger partial charge on any atom is -0.452 e. The second-order valence-electron chi connectivity index (χ2n) is 5.46. The number of nitrogens with one attached hydrogen (secondary N) is 1.